The second-order valence-corrected chi connectivity index (χ2v) is 8.26. The van der Waals surface area contributed by atoms with Gasteiger partial charge in [-0.1, -0.05) is 24.3 Å². The minimum absolute atomic E-state index is 0.391. The van der Waals surface area contributed by atoms with Gasteiger partial charge in [0.2, 0.25) is 5.91 Å². The molecule has 0 saturated carbocycles. The topological polar surface area (TPSA) is 35.6 Å². The molecule has 0 aromatic heterocycles. The Morgan fingerprint density at radius 2 is 1.76 bits per heavy atom. The normalized spacial score (nSPS) is 29.8. The van der Waals surface area contributed by atoms with E-state index in [1.807, 2.05) is 0 Å². The van der Waals surface area contributed by atoms with Crippen molar-refractivity contribution in [2.75, 3.05) is 26.2 Å². The minimum atomic E-state index is 0.391. The maximum Gasteiger partial charge on any atom is 0.222 e. The first-order chi connectivity index (χ1) is 12.2. The van der Waals surface area contributed by atoms with Gasteiger partial charge >= 0.3 is 0 Å². The van der Waals surface area contributed by atoms with Gasteiger partial charge in [0, 0.05) is 51.2 Å². The van der Waals surface area contributed by atoms with Crippen molar-refractivity contribution >= 4 is 5.91 Å². The molecule has 2 atom stereocenters. The lowest BCUT2D eigenvalue weighted by Gasteiger charge is -2.36. The van der Waals surface area contributed by atoms with Crippen LogP contribution in [0.2, 0.25) is 0 Å². The third-order valence-electron chi connectivity index (χ3n) is 6.41. The highest BCUT2D eigenvalue weighted by molar-refractivity contribution is 5.76. The first kappa shape index (κ1) is 17.0. The van der Waals surface area contributed by atoms with Crippen LogP contribution in [0.3, 0.4) is 0 Å². The number of fused-ring (bicyclic) bond motifs is 2. The van der Waals surface area contributed by atoms with Crippen molar-refractivity contribution < 1.29 is 4.79 Å². The number of nitrogens with zero attached hydrogens (tertiary/aromatic N) is 2. The highest BCUT2D eigenvalue weighted by Gasteiger charge is 2.35. The fourth-order valence-electron chi connectivity index (χ4n) is 4.90. The summed E-state index contributed by atoms with van der Waals surface area (Å²) < 4.78 is 0. The summed E-state index contributed by atoms with van der Waals surface area (Å²) in [4.78, 5) is 17.3. The second-order valence-electron chi connectivity index (χ2n) is 8.26. The summed E-state index contributed by atoms with van der Waals surface area (Å²) in [6, 6.07) is 9.99. The molecule has 25 heavy (non-hydrogen) atoms. The molecule has 3 aliphatic heterocycles. The number of hydrogen-bond acceptors (Lipinski definition) is 3. The van der Waals surface area contributed by atoms with Crippen LogP contribution in [0.1, 0.15) is 43.2 Å². The second kappa shape index (κ2) is 7.46. The van der Waals surface area contributed by atoms with E-state index in [2.05, 4.69) is 46.3 Å². The lowest BCUT2D eigenvalue weighted by molar-refractivity contribution is -0.134. The summed E-state index contributed by atoms with van der Waals surface area (Å²) >= 11 is 0. The number of carbonyl (C=O) groups is 1. The largest absolute Gasteiger partial charge is 0.340 e. The smallest absolute Gasteiger partial charge is 0.222 e. The van der Waals surface area contributed by atoms with E-state index in [9.17, 15) is 4.79 Å². The van der Waals surface area contributed by atoms with Crippen LogP contribution in [0.15, 0.2) is 24.3 Å². The van der Waals surface area contributed by atoms with Crippen molar-refractivity contribution in [2.24, 2.45) is 5.92 Å². The summed E-state index contributed by atoms with van der Waals surface area (Å²) in [5.74, 6) is 0.998. The molecule has 3 fully saturated rings. The number of piperazine rings is 1. The molecular weight excluding hydrogens is 310 g/mol. The molecule has 1 N–H and O–H groups in total. The van der Waals surface area contributed by atoms with Crippen LogP contribution in [-0.4, -0.2) is 54.0 Å². The average Bonchev–Trinajstić information content (AvgIpc) is 2.96. The van der Waals surface area contributed by atoms with Gasteiger partial charge < -0.3 is 10.2 Å². The van der Waals surface area contributed by atoms with Crippen LogP contribution in [0.5, 0.6) is 0 Å². The number of aryl methyl sites for hydroxylation is 1. The van der Waals surface area contributed by atoms with Gasteiger partial charge in [-0.15, -0.1) is 0 Å². The maximum absolute atomic E-state index is 12.7. The summed E-state index contributed by atoms with van der Waals surface area (Å²) in [6.45, 7) is 6.97. The van der Waals surface area contributed by atoms with E-state index in [1.54, 1.807) is 0 Å². The highest BCUT2D eigenvalue weighted by Crippen LogP contribution is 2.33. The van der Waals surface area contributed by atoms with Crippen molar-refractivity contribution in [3.8, 4) is 0 Å². The molecule has 4 rings (SSSR count). The Labute approximate surface area is 151 Å². The molecule has 2 unspecified atom stereocenters. The SMILES string of the molecule is Cc1ccccc1CN1CCN(C(=O)CC2CC3CCC(C2)N3)CC1. The molecule has 0 radical (unpaired) electrons. The van der Waals surface area contributed by atoms with Gasteiger partial charge in [-0.2, -0.15) is 0 Å². The zero-order chi connectivity index (χ0) is 17.2. The number of carbonyl (C=O) groups excluding carboxylic acids is 1. The molecule has 1 aromatic rings. The molecule has 0 aliphatic carbocycles. The number of amides is 1. The van der Waals surface area contributed by atoms with Gasteiger partial charge in [-0.05, 0) is 49.7 Å². The predicted octanol–water partition coefficient (Wildman–Crippen LogP) is 2.56. The Hall–Kier alpha value is -1.39. The number of rotatable bonds is 4. The summed E-state index contributed by atoms with van der Waals surface area (Å²) in [7, 11) is 0. The van der Waals surface area contributed by atoms with Gasteiger partial charge in [0.1, 0.15) is 0 Å². The summed E-state index contributed by atoms with van der Waals surface area (Å²) in [5.41, 5.74) is 2.77. The molecule has 0 spiro atoms. The van der Waals surface area contributed by atoms with E-state index in [4.69, 9.17) is 0 Å². The molecule has 1 aromatic carbocycles. The molecule has 2 bridgehead atoms. The Morgan fingerprint density at radius 3 is 2.44 bits per heavy atom. The van der Waals surface area contributed by atoms with Crippen molar-refractivity contribution in [3.63, 3.8) is 0 Å². The molecule has 1 amide bonds. The number of piperidine rings is 1. The van der Waals surface area contributed by atoms with E-state index in [-0.39, 0.29) is 0 Å². The average molecular weight is 341 g/mol. The first-order valence-corrected chi connectivity index (χ1v) is 9.98. The minimum Gasteiger partial charge on any atom is -0.340 e. The third-order valence-corrected chi connectivity index (χ3v) is 6.41. The van der Waals surface area contributed by atoms with E-state index < -0.39 is 0 Å². The standard InChI is InChI=1S/C21H31N3O/c1-16-4-2-3-5-18(16)15-23-8-10-24(11-9-23)21(25)14-17-12-19-6-7-20(13-17)22-19/h2-5,17,19-20,22H,6-15H2,1H3. The fraction of sp³-hybridized carbons (Fsp3) is 0.667. The zero-order valence-corrected chi connectivity index (χ0v) is 15.4. The van der Waals surface area contributed by atoms with Crippen LogP contribution in [0.25, 0.3) is 0 Å². The Morgan fingerprint density at radius 1 is 1.08 bits per heavy atom. The van der Waals surface area contributed by atoms with E-state index >= 15 is 0 Å². The van der Waals surface area contributed by atoms with Gasteiger partial charge in [-0.3, -0.25) is 9.69 Å². The third kappa shape index (κ3) is 4.06. The number of hydrogen-bond donors (Lipinski definition) is 1. The van der Waals surface area contributed by atoms with E-state index in [0.29, 0.717) is 23.9 Å². The van der Waals surface area contributed by atoms with E-state index in [0.717, 1.165) is 39.1 Å². The van der Waals surface area contributed by atoms with Crippen molar-refractivity contribution in [1.82, 2.24) is 15.1 Å². The number of nitrogens with one attached hydrogen (secondary N) is 1. The van der Waals surface area contributed by atoms with Crippen LogP contribution in [0.4, 0.5) is 0 Å². The monoisotopic (exact) mass is 341 g/mol. The van der Waals surface area contributed by atoms with Gasteiger partial charge in [0.05, 0.1) is 0 Å². The highest BCUT2D eigenvalue weighted by atomic mass is 16.2. The lowest BCUT2D eigenvalue weighted by atomic mass is 9.89. The van der Waals surface area contributed by atoms with Crippen LogP contribution in [0, 0.1) is 12.8 Å². The zero-order valence-electron chi connectivity index (χ0n) is 15.4. The van der Waals surface area contributed by atoms with Gasteiger partial charge in [-0.25, -0.2) is 0 Å². The molecule has 4 heteroatoms. The van der Waals surface area contributed by atoms with Crippen LogP contribution in [-0.2, 0) is 11.3 Å². The molecule has 3 heterocycles. The van der Waals surface area contributed by atoms with Crippen molar-refractivity contribution in [2.45, 2.75) is 57.7 Å². The quantitative estimate of drug-likeness (QED) is 0.914. The Balaban J connectivity index is 1.24. The Kier molecular flexibility index (Phi) is 5.09. The van der Waals surface area contributed by atoms with Crippen molar-refractivity contribution in [1.29, 1.82) is 0 Å². The van der Waals surface area contributed by atoms with Gasteiger partial charge in [0.25, 0.3) is 0 Å². The molecule has 3 saturated heterocycles. The lowest BCUT2D eigenvalue weighted by Crippen LogP contribution is -2.49. The summed E-state index contributed by atoms with van der Waals surface area (Å²) in [5, 5.41) is 3.67. The van der Waals surface area contributed by atoms with Crippen LogP contribution < -0.4 is 5.32 Å². The molecular formula is C21H31N3O. The van der Waals surface area contributed by atoms with E-state index in [1.165, 1.54) is 36.8 Å². The maximum atomic E-state index is 12.7. The van der Waals surface area contributed by atoms with Crippen LogP contribution >= 0.6 is 0 Å². The molecule has 4 nitrogen and oxygen atoms in total. The van der Waals surface area contributed by atoms with Crippen molar-refractivity contribution in [3.05, 3.63) is 35.4 Å². The number of benzene rings is 1. The van der Waals surface area contributed by atoms with Gasteiger partial charge in [0.15, 0.2) is 0 Å². The molecule has 136 valence electrons. The fourth-order valence-corrected chi connectivity index (χ4v) is 4.90. The molecule has 3 aliphatic rings. The predicted molar refractivity (Wildman–Crippen MR) is 100 cm³/mol. The first-order valence-electron chi connectivity index (χ1n) is 9.98. The Bertz CT molecular complexity index is 597. The summed E-state index contributed by atoms with van der Waals surface area (Å²) in [6.07, 6.45) is 5.80.